The van der Waals surface area contributed by atoms with Gasteiger partial charge in [0.1, 0.15) is 17.3 Å². The molecule has 0 atom stereocenters. The molecular formula is C23H14F2N2O2S. The molecule has 0 N–H and O–H groups in total. The average Bonchev–Trinajstić information content (AvgIpc) is 3.00. The molecule has 2 heterocycles. The van der Waals surface area contributed by atoms with Crippen molar-refractivity contribution in [3.63, 3.8) is 0 Å². The molecule has 0 saturated heterocycles. The van der Waals surface area contributed by atoms with E-state index in [2.05, 4.69) is 9.38 Å². The Hall–Kier alpha value is -3.45. The first-order valence-electron chi connectivity index (χ1n) is 9.19. The van der Waals surface area contributed by atoms with Crippen LogP contribution >= 0.6 is 0 Å². The molecular weight excluding hydrogens is 406 g/mol. The summed E-state index contributed by atoms with van der Waals surface area (Å²) in [5.41, 5.74) is 2.50. The highest BCUT2D eigenvalue weighted by Gasteiger charge is 2.30. The van der Waals surface area contributed by atoms with Crippen molar-refractivity contribution in [2.75, 3.05) is 0 Å². The maximum absolute atomic E-state index is 13.9. The molecule has 1 aliphatic rings. The highest BCUT2D eigenvalue weighted by molar-refractivity contribution is 7.90. The Bertz CT molecular complexity index is 1450. The first-order chi connectivity index (χ1) is 14.4. The number of halogens is 2. The Morgan fingerprint density at radius 3 is 2.37 bits per heavy atom. The van der Waals surface area contributed by atoms with Crippen LogP contribution in [-0.2, 0) is 16.4 Å². The first-order valence-corrected chi connectivity index (χ1v) is 10.6. The van der Waals surface area contributed by atoms with Crippen LogP contribution in [-0.4, -0.2) is 19.1 Å². The summed E-state index contributed by atoms with van der Waals surface area (Å²) in [5.74, 6) is -0.747. The zero-order valence-electron chi connectivity index (χ0n) is 15.5. The SMILES string of the molecule is O=S1(=O)N=C(c2cc3cc(F)ccc3c(Cc3ccc(F)cc3)n2)c2ccccc21. The second-order valence-corrected chi connectivity index (χ2v) is 8.61. The van der Waals surface area contributed by atoms with Crippen molar-refractivity contribution >= 4 is 26.5 Å². The van der Waals surface area contributed by atoms with Gasteiger partial charge in [0.25, 0.3) is 10.0 Å². The maximum Gasteiger partial charge on any atom is 0.283 e. The predicted molar refractivity (Wildman–Crippen MR) is 110 cm³/mol. The van der Waals surface area contributed by atoms with Gasteiger partial charge in [-0.25, -0.2) is 8.78 Å². The standard InChI is InChI=1S/C23H14F2N2O2S/c24-16-7-5-14(6-8-16)11-20-18-10-9-17(25)12-15(18)13-21(26-20)23-19-3-1-2-4-22(19)30(28,29)27-23/h1-10,12-13H,11H2. The molecule has 0 aliphatic carbocycles. The summed E-state index contributed by atoms with van der Waals surface area (Å²) in [4.78, 5) is 4.81. The zero-order chi connectivity index (χ0) is 20.9. The van der Waals surface area contributed by atoms with E-state index in [1.54, 1.807) is 42.5 Å². The summed E-state index contributed by atoms with van der Waals surface area (Å²) in [6, 6.07) is 18.6. The van der Waals surface area contributed by atoms with Crippen molar-refractivity contribution in [2.45, 2.75) is 11.3 Å². The van der Waals surface area contributed by atoms with Gasteiger partial charge < -0.3 is 0 Å². The monoisotopic (exact) mass is 420 g/mol. The fraction of sp³-hybridized carbons (Fsp3) is 0.0435. The number of fused-ring (bicyclic) bond motifs is 2. The van der Waals surface area contributed by atoms with E-state index >= 15 is 0 Å². The van der Waals surface area contributed by atoms with Gasteiger partial charge in [0, 0.05) is 17.4 Å². The molecule has 1 aliphatic heterocycles. The number of pyridine rings is 1. The molecule has 5 rings (SSSR count). The summed E-state index contributed by atoms with van der Waals surface area (Å²) in [6.07, 6.45) is 0.373. The molecule has 0 amide bonds. The van der Waals surface area contributed by atoms with E-state index in [1.165, 1.54) is 30.3 Å². The van der Waals surface area contributed by atoms with E-state index in [1.807, 2.05) is 0 Å². The lowest BCUT2D eigenvalue weighted by Gasteiger charge is -2.10. The van der Waals surface area contributed by atoms with E-state index in [-0.39, 0.29) is 16.4 Å². The number of rotatable bonds is 3. The molecule has 0 spiro atoms. The Labute approximate surface area is 171 Å². The molecule has 3 aromatic carbocycles. The number of aromatic nitrogens is 1. The number of hydrogen-bond acceptors (Lipinski definition) is 3. The van der Waals surface area contributed by atoms with Crippen molar-refractivity contribution in [3.05, 3.63) is 107 Å². The second-order valence-electron chi connectivity index (χ2n) is 7.03. The number of sulfonamides is 1. The van der Waals surface area contributed by atoms with Gasteiger partial charge in [0.15, 0.2) is 0 Å². The lowest BCUT2D eigenvalue weighted by molar-refractivity contribution is 0.599. The van der Waals surface area contributed by atoms with E-state index in [0.717, 1.165) is 10.9 Å². The summed E-state index contributed by atoms with van der Waals surface area (Å²) in [7, 11) is -3.81. The lowest BCUT2D eigenvalue weighted by atomic mass is 10.00. The van der Waals surface area contributed by atoms with Crippen LogP contribution in [0.15, 0.2) is 82.1 Å². The average molecular weight is 420 g/mol. The Balaban J connectivity index is 1.71. The number of nitrogens with zero attached hydrogens (tertiary/aromatic N) is 2. The van der Waals surface area contributed by atoms with Crippen LogP contribution in [0.3, 0.4) is 0 Å². The maximum atomic E-state index is 13.9. The Kier molecular flexibility index (Phi) is 4.22. The normalized spacial score (nSPS) is 14.5. The van der Waals surface area contributed by atoms with E-state index in [0.29, 0.717) is 28.8 Å². The van der Waals surface area contributed by atoms with Crippen LogP contribution in [0.1, 0.15) is 22.5 Å². The molecule has 0 radical (unpaired) electrons. The second kappa shape index (κ2) is 6.81. The summed E-state index contributed by atoms with van der Waals surface area (Å²) in [6.45, 7) is 0. The lowest BCUT2D eigenvalue weighted by Crippen LogP contribution is -2.07. The third-order valence-corrected chi connectivity index (χ3v) is 6.37. The van der Waals surface area contributed by atoms with Crippen LogP contribution in [0.25, 0.3) is 10.8 Å². The van der Waals surface area contributed by atoms with Crippen LogP contribution in [0.2, 0.25) is 0 Å². The van der Waals surface area contributed by atoms with Gasteiger partial charge >= 0.3 is 0 Å². The van der Waals surface area contributed by atoms with Crippen LogP contribution in [0.5, 0.6) is 0 Å². The molecule has 148 valence electrons. The topological polar surface area (TPSA) is 59.4 Å². The van der Waals surface area contributed by atoms with Crippen LogP contribution in [0, 0.1) is 11.6 Å². The number of benzene rings is 3. The molecule has 0 fully saturated rings. The van der Waals surface area contributed by atoms with Gasteiger partial charge in [-0.15, -0.1) is 0 Å². The first kappa shape index (κ1) is 18.6. The summed E-state index contributed by atoms with van der Waals surface area (Å²) >= 11 is 0. The minimum Gasteiger partial charge on any atom is -0.250 e. The van der Waals surface area contributed by atoms with Crippen LogP contribution in [0.4, 0.5) is 8.78 Å². The molecule has 30 heavy (non-hydrogen) atoms. The minimum atomic E-state index is -3.81. The predicted octanol–water partition coefficient (Wildman–Crippen LogP) is 4.64. The van der Waals surface area contributed by atoms with Gasteiger partial charge in [-0.05, 0) is 53.4 Å². The summed E-state index contributed by atoms with van der Waals surface area (Å²) in [5, 5.41) is 1.32. The highest BCUT2D eigenvalue weighted by atomic mass is 32.2. The van der Waals surface area contributed by atoms with Gasteiger partial charge in [0.2, 0.25) is 0 Å². The van der Waals surface area contributed by atoms with Crippen LogP contribution < -0.4 is 0 Å². The highest BCUT2D eigenvalue weighted by Crippen LogP contribution is 2.30. The van der Waals surface area contributed by atoms with Crippen molar-refractivity contribution in [2.24, 2.45) is 4.40 Å². The van der Waals surface area contributed by atoms with Gasteiger partial charge in [-0.1, -0.05) is 30.3 Å². The van der Waals surface area contributed by atoms with Gasteiger partial charge in [-0.2, -0.15) is 12.8 Å². The van der Waals surface area contributed by atoms with Crippen molar-refractivity contribution in [1.82, 2.24) is 4.98 Å². The summed E-state index contributed by atoms with van der Waals surface area (Å²) < 4.78 is 56.0. The molecule has 1 aromatic heterocycles. The van der Waals surface area contributed by atoms with Gasteiger partial charge in [0.05, 0.1) is 16.3 Å². The molecule has 0 saturated carbocycles. The fourth-order valence-corrected chi connectivity index (χ4v) is 4.87. The largest absolute Gasteiger partial charge is 0.283 e. The minimum absolute atomic E-state index is 0.126. The third-order valence-electron chi connectivity index (χ3n) is 5.03. The molecule has 0 unspecified atom stereocenters. The quantitative estimate of drug-likeness (QED) is 0.485. The van der Waals surface area contributed by atoms with Crippen molar-refractivity contribution in [1.29, 1.82) is 0 Å². The van der Waals surface area contributed by atoms with E-state index in [4.69, 9.17) is 0 Å². The Morgan fingerprint density at radius 2 is 1.57 bits per heavy atom. The molecule has 0 bridgehead atoms. The fourth-order valence-electron chi connectivity index (χ4n) is 3.64. The molecule has 4 aromatic rings. The van der Waals surface area contributed by atoms with Crippen molar-refractivity contribution in [3.8, 4) is 0 Å². The molecule has 7 heteroatoms. The van der Waals surface area contributed by atoms with Crippen molar-refractivity contribution < 1.29 is 17.2 Å². The van der Waals surface area contributed by atoms with E-state index in [9.17, 15) is 17.2 Å². The number of hydrogen-bond donors (Lipinski definition) is 0. The molecule has 4 nitrogen and oxygen atoms in total. The zero-order valence-corrected chi connectivity index (χ0v) is 16.3. The third kappa shape index (κ3) is 3.17. The van der Waals surface area contributed by atoms with Gasteiger partial charge in [-0.3, -0.25) is 4.98 Å². The smallest absolute Gasteiger partial charge is 0.250 e. The van der Waals surface area contributed by atoms with E-state index < -0.39 is 15.8 Å². The Morgan fingerprint density at radius 1 is 0.833 bits per heavy atom.